The third-order valence-electron chi connectivity index (χ3n) is 3.58. The molecule has 1 aromatic carbocycles. The average Bonchev–Trinajstić information content (AvgIpc) is 2.37. The lowest BCUT2D eigenvalue weighted by Gasteiger charge is -2.24. The molecule has 2 rings (SSSR count). The van der Waals surface area contributed by atoms with Gasteiger partial charge in [0, 0.05) is 19.4 Å². The number of ketones is 1. The fourth-order valence-corrected chi connectivity index (χ4v) is 2.72. The van der Waals surface area contributed by atoms with Gasteiger partial charge < -0.3 is 5.11 Å². The van der Waals surface area contributed by atoms with Crippen molar-refractivity contribution in [3.05, 3.63) is 35.4 Å². The second-order valence-electron chi connectivity index (χ2n) is 4.86. The van der Waals surface area contributed by atoms with Crippen molar-refractivity contribution in [1.82, 2.24) is 0 Å². The predicted molar refractivity (Wildman–Crippen MR) is 68.1 cm³/mol. The van der Waals surface area contributed by atoms with Crippen LogP contribution in [0.4, 0.5) is 0 Å². The highest BCUT2D eigenvalue weighted by Gasteiger charge is 2.21. The van der Waals surface area contributed by atoms with E-state index in [2.05, 4.69) is 24.3 Å². The van der Waals surface area contributed by atoms with E-state index in [4.69, 9.17) is 5.11 Å². The molecule has 92 valence electrons. The maximum atomic E-state index is 11.8. The summed E-state index contributed by atoms with van der Waals surface area (Å²) in [5, 5.41) is 8.73. The molecule has 0 aliphatic heterocycles. The first-order valence-electron chi connectivity index (χ1n) is 6.51. The molecular weight excluding hydrogens is 212 g/mol. The number of aliphatic hydroxyl groups is 1. The van der Waals surface area contributed by atoms with Crippen LogP contribution >= 0.6 is 0 Å². The van der Waals surface area contributed by atoms with E-state index in [0.717, 1.165) is 12.8 Å². The second-order valence-corrected chi connectivity index (χ2v) is 4.86. The van der Waals surface area contributed by atoms with Crippen LogP contribution in [0.25, 0.3) is 0 Å². The number of aliphatic hydroxyl groups excluding tert-OH is 1. The van der Waals surface area contributed by atoms with E-state index >= 15 is 0 Å². The minimum absolute atomic E-state index is 0.118. The van der Waals surface area contributed by atoms with Crippen LogP contribution in [0.15, 0.2) is 24.3 Å². The molecule has 0 fully saturated rings. The third-order valence-corrected chi connectivity index (χ3v) is 3.58. The van der Waals surface area contributed by atoms with Crippen LogP contribution in [0.1, 0.15) is 49.1 Å². The molecule has 0 bridgehead atoms. The van der Waals surface area contributed by atoms with Crippen molar-refractivity contribution in [3.63, 3.8) is 0 Å². The van der Waals surface area contributed by atoms with Crippen LogP contribution in [0.2, 0.25) is 0 Å². The Kier molecular flexibility index (Phi) is 4.32. The van der Waals surface area contributed by atoms with Gasteiger partial charge in [0.05, 0.1) is 0 Å². The number of aryl methyl sites for hydroxylation is 1. The third kappa shape index (κ3) is 3.16. The van der Waals surface area contributed by atoms with E-state index in [1.165, 1.54) is 17.5 Å². The molecule has 0 heterocycles. The predicted octanol–water partition coefficient (Wildman–Crippen LogP) is 2.84. The van der Waals surface area contributed by atoms with Gasteiger partial charge in [0.2, 0.25) is 0 Å². The van der Waals surface area contributed by atoms with Crippen LogP contribution in [-0.2, 0) is 11.2 Å². The zero-order chi connectivity index (χ0) is 12.1. The standard InChI is InChI=1S/C15H20O2/c16-10-4-8-14(17)11-13-7-3-6-12-5-1-2-9-15(12)13/h1-2,5,9,13,16H,3-4,6-8,10-11H2. The van der Waals surface area contributed by atoms with Gasteiger partial charge in [0.15, 0.2) is 0 Å². The highest BCUT2D eigenvalue weighted by atomic mass is 16.3. The summed E-state index contributed by atoms with van der Waals surface area (Å²) in [6.45, 7) is 0.118. The topological polar surface area (TPSA) is 37.3 Å². The van der Waals surface area contributed by atoms with E-state index in [9.17, 15) is 4.79 Å². The molecule has 17 heavy (non-hydrogen) atoms. The van der Waals surface area contributed by atoms with E-state index < -0.39 is 0 Å². The van der Waals surface area contributed by atoms with Crippen molar-refractivity contribution in [2.45, 2.75) is 44.4 Å². The molecule has 0 spiro atoms. The summed E-state index contributed by atoms with van der Waals surface area (Å²) < 4.78 is 0. The fourth-order valence-electron chi connectivity index (χ4n) is 2.72. The SMILES string of the molecule is O=C(CCCO)CC1CCCc2ccccc21. The lowest BCUT2D eigenvalue weighted by Crippen LogP contribution is -2.14. The maximum Gasteiger partial charge on any atom is 0.133 e. The summed E-state index contributed by atoms with van der Waals surface area (Å²) in [6, 6.07) is 8.49. The second kappa shape index (κ2) is 5.97. The van der Waals surface area contributed by atoms with Crippen LogP contribution < -0.4 is 0 Å². The summed E-state index contributed by atoms with van der Waals surface area (Å²) in [5.41, 5.74) is 2.79. The highest BCUT2D eigenvalue weighted by molar-refractivity contribution is 5.79. The molecular formula is C15H20O2. The Labute approximate surface area is 103 Å². The summed E-state index contributed by atoms with van der Waals surface area (Å²) in [6.07, 6.45) is 5.24. The van der Waals surface area contributed by atoms with Gasteiger partial charge in [0.1, 0.15) is 5.78 Å². The van der Waals surface area contributed by atoms with Crippen molar-refractivity contribution < 1.29 is 9.90 Å². The highest BCUT2D eigenvalue weighted by Crippen LogP contribution is 2.34. The maximum absolute atomic E-state index is 11.8. The Balaban J connectivity index is 2.01. The number of benzene rings is 1. The van der Waals surface area contributed by atoms with Crippen LogP contribution in [0.5, 0.6) is 0 Å². The number of fused-ring (bicyclic) bond motifs is 1. The van der Waals surface area contributed by atoms with Gasteiger partial charge >= 0.3 is 0 Å². The summed E-state index contributed by atoms with van der Waals surface area (Å²) in [5.74, 6) is 0.701. The largest absolute Gasteiger partial charge is 0.396 e. The molecule has 2 nitrogen and oxygen atoms in total. The Morgan fingerprint density at radius 3 is 3.00 bits per heavy atom. The number of hydrogen-bond donors (Lipinski definition) is 1. The van der Waals surface area contributed by atoms with Gasteiger partial charge in [-0.2, -0.15) is 0 Å². The number of rotatable bonds is 5. The first kappa shape index (κ1) is 12.3. The van der Waals surface area contributed by atoms with Crippen molar-refractivity contribution >= 4 is 5.78 Å². The van der Waals surface area contributed by atoms with E-state index in [1.54, 1.807) is 0 Å². The van der Waals surface area contributed by atoms with Crippen molar-refractivity contribution in [3.8, 4) is 0 Å². The summed E-state index contributed by atoms with van der Waals surface area (Å²) >= 11 is 0. The lowest BCUT2D eigenvalue weighted by molar-refractivity contribution is -0.119. The van der Waals surface area contributed by atoms with Crippen LogP contribution in [0, 0.1) is 0 Å². The summed E-state index contributed by atoms with van der Waals surface area (Å²) in [7, 11) is 0. The van der Waals surface area contributed by atoms with E-state index in [0.29, 0.717) is 31.0 Å². The van der Waals surface area contributed by atoms with Crippen LogP contribution in [0.3, 0.4) is 0 Å². The monoisotopic (exact) mass is 232 g/mol. The zero-order valence-electron chi connectivity index (χ0n) is 10.2. The Morgan fingerprint density at radius 1 is 1.35 bits per heavy atom. The number of carbonyl (C=O) groups is 1. The molecule has 1 N–H and O–H groups in total. The normalized spacial score (nSPS) is 18.8. The van der Waals surface area contributed by atoms with Gasteiger partial charge in [-0.3, -0.25) is 4.79 Å². The Hall–Kier alpha value is -1.15. The number of Topliss-reactive ketones (excluding diaryl/α,β-unsaturated/α-hetero) is 1. The zero-order valence-corrected chi connectivity index (χ0v) is 10.2. The number of carbonyl (C=O) groups excluding carboxylic acids is 1. The molecule has 1 atom stereocenters. The lowest BCUT2D eigenvalue weighted by atomic mass is 9.80. The van der Waals surface area contributed by atoms with Gasteiger partial charge in [-0.15, -0.1) is 0 Å². The molecule has 1 aromatic rings. The molecule has 1 unspecified atom stereocenters. The molecule has 0 radical (unpaired) electrons. The Morgan fingerprint density at radius 2 is 2.18 bits per heavy atom. The first-order valence-corrected chi connectivity index (χ1v) is 6.51. The average molecular weight is 232 g/mol. The van der Waals surface area contributed by atoms with Crippen LogP contribution in [-0.4, -0.2) is 17.5 Å². The fraction of sp³-hybridized carbons (Fsp3) is 0.533. The van der Waals surface area contributed by atoms with Gasteiger partial charge in [0.25, 0.3) is 0 Å². The Bertz CT molecular complexity index is 384. The van der Waals surface area contributed by atoms with Gasteiger partial charge in [-0.1, -0.05) is 24.3 Å². The molecule has 2 heteroatoms. The molecule has 0 amide bonds. The molecule has 1 aliphatic carbocycles. The minimum Gasteiger partial charge on any atom is -0.396 e. The van der Waals surface area contributed by atoms with E-state index in [-0.39, 0.29) is 6.61 Å². The van der Waals surface area contributed by atoms with Gasteiger partial charge in [-0.25, -0.2) is 0 Å². The number of hydrogen-bond acceptors (Lipinski definition) is 2. The first-order chi connectivity index (χ1) is 8.31. The van der Waals surface area contributed by atoms with Crippen molar-refractivity contribution in [1.29, 1.82) is 0 Å². The minimum atomic E-state index is 0.118. The van der Waals surface area contributed by atoms with E-state index in [1.807, 2.05) is 0 Å². The smallest absolute Gasteiger partial charge is 0.133 e. The molecule has 0 saturated heterocycles. The quantitative estimate of drug-likeness (QED) is 0.847. The van der Waals surface area contributed by atoms with Gasteiger partial charge in [-0.05, 0) is 42.7 Å². The molecule has 0 saturated carbocycles. The van der Waals surface area contributed by atoms with Crippen molar-refractivity contribution in [2.24, 2.45) is 0 Å². The van der Waals surface area contributed by atoms with Crippen molar-refractivity contribution in [2.75, 3.05) is 6.61 Å². The summed E-state index contributed by atoms with van der Waals surface area (Å²) in [4.78, 5) is 11.8. The molecule has 0 aromatic heterocycles. The molecule has 1 aliphatic rings.